The average Bonchev–Trinajstić information content (AvgIpc) is 2.84. The molecule has 21 heavy (non-hydrogen) atoms. The first-order valence-electron chi connectivity index (χ1n) is 7.04. The smallest absolute Gasteiger partial charge is 0.264 e. The van der Waals surface area contributed by atoms with Crippen LogP contribution >= 0.6 is 11.3 Å². The summed E-state index contributed by atoms with van der Waals surface area (Å²) in [5.41, 5.74) is 2.62. The van der Waals surface area contributed by atoms with Crippen LogP contribution in [0.25, 0.3) is 16.3 Å². The Balaban J connectivity index is 2.07. The van der Waals surface area contributed by atoms with Crippen molar-refractivity contribution in [2.75, 3.05) is 14.1 Å². The van der Waals surface area contributed by atoms with Crippen molar-refractivity contribution in [3.8, 4) is 0 Å². The molecule has 2 aromatic carbocycles. The van der Waals surface area contributed by atoms with Crippen molar-refractivity contribution in [3.05, 3.63) is 71.4 Å². The van der Waals surface area contributed by atoms with Gasteiger partial charge in [0.05, 0.1) is 0 Å². The van der Waals surface area contributed by atoms with E-state index < -0.39 is 0 Å². The molecule has 106 valence electrons. The molecule has 3 aromatic rings. The molecular weight excluding hydrogens is 276 g/mol. The Labute approximate surface area is 129 Å². The van der Waals surface area contributed by atoms with Crippen LogP contribution in [0.5, 0.6) is 0 Å². The quantitative estimate of drug-likeness (QED) is 0.665. The lowest BCUT2D eigenvalue weighted by Crippen LogP contribution is -2.35. The molecule has 0 aliphatic heterocycles. The third-order valence-corrected chi connectivity index (χ3v) is 4.47. The highest BCUT2D eigenvalue weighted by Crippen LogP contribution is 2.21. The fourth-order valence-corrected chi connectivity index (χ4v) is 3.38. The molecule has 0 N–H and O–H groups in total. The number of nitrogens with zero attached hydrogens (tertiary/aromatic N) is 2. The lowest BCUT2D eigenvalue weighted by molar-refractivity contribution is -0.659. The van der Waals surface area contributed by atoms with E-state index in [1.165, 1.54) is 20.8 Å². The minimum Gasteiger partial charge on any atom is -0.383 e. The van der Waals surface area contributed by atoms with Crippen LogP contribution in [0.1, 0.15) is 10.6 Å². The first-order chi connectivity index (χ1) is 10.2. The van der Waals surface area contributed by atoms with E-state index >= 15 is 0 Å². The second kappa shape index (κ2) is 6.10. The number of rotatable bonds is 4. The van der Waals surface area contributed by atoms with Crippen LogP contribution in [0.4, 0.5) is 0 Å². The molecule has 0 bridgehead atoms. The molecule has 0 atom stereocenters. The van der Waals surface area contributed by atoms with Gasteiger partial charge in [0, 0.05) is 38.0 Å². The summed E-state index contributed by atoms with van der Waals surface area (Å²) in [6.07, 6.45) is 4.29. The van der Waals surface area contributed by atoms with Gasteiger partial charge in [-0.25, -0.2) is 0 Å². The van der Waals surface area contributed by atoms with E-state index in [0.29, 0.717) is 0 Å². The van der Waals surface area contributed by atoms with E-state index in [4.69, 9.17) is 0 Å². The maximum atomic E-state index is 2.38. The van der Waals surface area contributed by atoms with Gasteiger partial charge in [-0.2, -0.15) is 4.57 Å². The second-order valence-corrected chi connectivity index (χ2v) is 6.32. The lowest BCUT2D eigenvalue weighted by Gasteiger charge is -2.02. The molecule has 3 heteroatoms. The Bertz CT molecular complexity index is 757. The third kappa shape index (κ3) is 3.14. The molecule has 0 unspecified atom stereocenters. The summed E-state index contributed by atoms with van der Waals surface area (Å²) in [6, 6.07) is 19.2. The lowest BCUT2D eigenvalue weighted by atomic mass is 10.2. The Kier molecular flexibility index (Phi) is 4.02. The van der Waals surface area contributed by atoms with Crippen molar-refractivity contribution in [1.29, 1.82) is 0 Å². The van der Waals surface area contributed by atoms with E-state index in [1.807, 2.05) is 25.4 Å². The van der Waals surface area contributed by atoms with E-state index in [1.54, 1.807) is 0 Å². The van der Waals surface area contributed by atoms with Crippen LogP contribution in [0.15, 0.2) is 60.8 Å². The average molecular weight is 295 g/mol. The first kappa shape index (κ1) is 13.8. The van der Waals surface area contributed by atoms with E-state index in [-0.39, 0.29) is 0 Å². The maximum Gasteiger partial charge on any atom is 0.264 e. The molecular formula is C18H19N2S+. The summed E-state index contributed by atoms with van der Waals surface area (Å²) < 4.78 is 3.71. The Morgan fingerprint density at radius 2 is 1.71 bits per heavy atom. The molecule has 0 aliphatic rings. The number of hydrogen-bond acceptors (Lipinski definition) is 2. The van der Waals surface area contributed by atoms with Gasteiger partial charge in [0.15, 0.2) is 6.54 Å². The van der Waals surface area contributed by atoms with Gasteiger partial charge in [-0.05, 0) is 6.07 Å². The van der Waals surface area contributed by atoms with Crippen LogP contribution in [0.3, 0.4) is 0 Å². The van der Waals surface area contributed by atoms with Gasteiger partial charge in [-0.1, -0.05) is 53.8 Å². The number of aromatic nitrogens is 1. The van der Waals surface area contributed by atoms with Gasteiger partial charge >= 0.3 is 0 Å². The molecule has 0 fully saturated rings. The zero-order valence-electron chi connectivity index (χ0n) is 12.4. The maximum absolute atomic E-state index is 2.38. The van der Waals surface area contributed by atoms with Gasteiger partial charge in [0.2, 0.25) is 5.52 Å². The summed E-state index contributed by atoms with van der Waals surface area (Å²) in [5.74, 6) is 0. The monoisotopic (exact) mass is 295 g/mol. The first-order valence-corrected chi connectivity index (χ1v) is 7.85. The number of hydrogen-bond donors (Lipinski definition) is 0. The number of fused-ring (bicyclic) bond motifs is 1. The predicted molar refractivity (Wildman–Crippen MR) is 90.3 cm³/mol. The summed E-state index contributed by atoms with van der Waals surface area (Å²) in [5, 5.41) is 1.27. The van der Waals surface area contributed by atoms with Crippen LogP contribution in [0.2, 0.25) is 0 Å². The fourth-order valence-electron chi connectivity index (χ4n) is 2.32. The summed E-state index contributed by atoms with van der Waals surface area (Å²) >= 11 is 1.83. The van der Waals surface area contributed by atoms with Crippen LogP contribution in [-0.4, -0.2) is 19.0 Å². The largest absolute Gasteiger partial charge is 0.383 e. The molecule has 0 spiro atoms. The zero-order valence-corrected chi connectivity index (χ0v) is 13.2. The summed E-state index contributed by atoms with van der Waals surface area (Å²) in [4.78, 5) is 2.07. The number of thiazole rings is 1. The van der Waals surface area contributed by atoms with Gasteiger partial charge in [-0.3, -0.25) is 0 Å². The molecule has 0 aliphatic carbocycles. The standard InChI is InChI=1S/C18H19N2S/c1-19(2)13-12-18-20(14-15-8-4-3-5-9-15)16-10-6-7-11-17(16)21-18/h3-13H,14H2,1-2H3/q+1. The van der Waals surface area contributed by atoms with E-state index in [2.05, 4.69) is 76.3 Å². The highest BCUT2D eigenvalue weighted by Gasteiger charge is 2.18. The van der Waals surface area contributed by atoms with Crippen LogP contribution < -0.4 is 4.57 Å². The molecule has 2 nitrogen and oxygen atoms in total. The third-order valence-electron chi connectivity index (χ3n) is 3.34. The van der Waals surface area contributed by atoms with Crippen LogP contribution in [0, 0.1) is 0 Å². The van der Waals surface area contributed by atoms with Crippen molar-refractivity contribution < 1.29 is 4.57 Å². The van der Waals surface area contributed by atoms with Gasteiger partial charge in [0.25, 0.3) is 5.01 Å². The highest BCUT2D eigenvalue weighted by molar-refractivity contribution is 7.18. The SMILES string of the molecule is CN(C)/C=C/c1sc2ccccc2[n+]1Cc1ccccc1. The molecule has 1 heterocycles. The van der Waals surface area contributed by atoms with Crippen molar-refractivity contribution in [3.63, 3.8) is 0 Å². The molecule has 0 amide bonds. The molecule has 0 radical (unpaired) electrons. The van der Waals surface area contributed by atoms with Crippen molar-refractivity contribution in [2.45, 2.75) is 6.54 Å². The topological polar surface area (TPSA) is 7.12 Å². The Hall–Kier alpha value is -2.13. The van der Waals surface area contributed by atoms with Gasteiger partial charge in [-0.15, -0.1) is 0 Å². The van der Waals surface area contributed by atoms with Crippen molar-refractivity contribution >= 4 is 27.6 Å². The van der Waals surface area contributed by atoms with E-state index in [9.17, 15) is 0 Å². The van der Waals surface area contributed by atoms with E-state index in [0.717, 1.165) is 6.54 Å². The Morgan fingerprint density at radius 1 is 1.00 bits per heavy atom. The fraction of sp³-hybridized carbons (Fsp3) is 0.167. The minimum absolute atomic E-state index is 0.901. The molecule has 0 saturated carbocycles. The van der Waals surface area contributed by atoms with Crippen molar-refractivity contribution in [2.24, 2.45) is 0 Å². The minimum atomic E-state index is 0.901. The second-order valence-electron chi connectivity index (χ2n) is 5.26. The summed E-state index contributed by atoms with van der Waals surface area (Å²) in [6.45, 7) is 0.901. The summed E-state index contributed by atoms with van der Waals surface area (Å²) in [7, 11) is 4.09. The van der Waals surface area contributed by atoms with Gasteiger partial charge in [0.1, 0.15) is 4.70 Å². The molecule has 3 rings (SSSR count). The zero-order chi connectivity index (χ0) is 14.7. The molecule has 1 aromatic heterocycles. The normalized spacial score (nSPS) is 11.3. The van der Waals surface area contributed by atoms with Crippen LogP contribution in [-0.2, 0) is 6.54 Å². The van der Waals surface area contributed by atoms with Crippen molar-refractivity contribution in [1.82, 2.24) is 4.90 Å². The van der Waals surface area contributed by atoms with Gasteiger partial charge < -0.3 is 4.90 Å². The predicted octanol–water partition coefficient (Wildman–Crippen LogP) is 3.77. The highest BCUT2D eigenvalue weighted by atomic mass is 32.1. The molecule has 0 saturated heterocycles. The number of para-hydroxylation sites is 1. The number of benzene rings is 2. The Morgan fingerprint density at radius 3 is 2.48 bits per heavy atom.